The maximum absolute atomic E-state index is 13.3. The number of rotatable bonds is 11. The summed E-state index contributed by atoms with van der Waals surface area (Å²) in [5.74, 6) is -3.20. The minimum Gasteiger partial charge on any atom is -0.454 e. The number of imide groups is 1. The Balaban J connectivity index is 1.45. The SMILES string of the molecule is CC(C)CC(NC(=O)C[C@H](NC(=O)/C=C/c1ccc2c(c1)OCO2)c1ccccc1)C(=O)C1C(=O)NC(=O)[C@H]1C. The van der Waals surface area contributed by atoms with Gasteiger partial charge < -0.3 is 20.1 Å². The second-order valence-electron chi connectivity index (χ2n) is 10.4. The summed E-state index contributed by atoms with van der Waals surface area (Å²) in [6, 6.07) is 12.7. The van der Waals surface area contributed by atoms with Crippen molar-refractivity contribution in [3.05, 3.63) is 65.7 Å². The summed E-state index contributed by atoms with van der Waals surface area (Å²) in [5.41, 5.74) is 1.45. The van der Waals surface area contributed by atoms with Gasteiger partial charge in [-0.15, -0.1) is 0 Å². The van der Waals surface area contributed by atoms with Gasteiger partial charge in [0.2, 0.25) is 30.4 Å². The Morgan fingerprint density at radius 1 is 1.00 bits per heavy atom. The summed E-state index contributed by atoms with van der Waals surface area (Å²) < 4.78 is 10.7. The van der Waals surface area contributed by atoms with Crippen molar-refractivity contribution >= 4 is 35.5 Å². The fraction of sp³-hybridized carbons (Fsp3) is 0.367. The number of amides is 4. The largest absolute Gasteiger partial charge is 0.454 e. The highest BCUT2D eigenvalue weighted by Crippen LogP contribution is 2.32. The van der Waals surface area contributed by atoms with E-state index in [2.05, 4.69) is 16.0 Å². The zero-order chi connectivity index (χ0) is 28.8. The molecule has 210 valence electrons. The number of carbonyl (C=O) groups excluding carboxylic acids is 5. The van der Waals surface area contributed by atoms with E-state index in [9.17, 15) is 24.0 Å². The fourth-order valence-electron chi connectivity index (χ4n) is 4.79. The Bertz CT molecular complexity index is 1320. The predicted molar refractivity (Wildman–Crippen MR) is 146 cm³/mol. The molecule has 40 heavy (non-hydrogen) atoms. The molecule has 1 fully saturated rings. The molecule has 2 unspecified atom stereocenters. The van der Waals surface area contributed by atoms with Crippen LogP contribution in [0.15, 0.2) is 54.6 Å². The third kappa shape index (κ3) is 6.93. The number of ketones is 1. The van der Waals surface area contributed by atoms with Crippen molar-refractivity contribution in [1.29, 1.82) is 0 Å². The van der Waals surface area contributed by atoms with E-state index in [0.29, 0.717) is 23.5 Å². The Labute approximate surface area is 232 Å². The molecule has 2 aromatic rings. The van der Waals surface area contributed by atoms with Crippen LogP contribution in [-0.2, 0) is 24.0 Å². The van der Waals surface area contributed by atoms with E-state index in [0.717, 1.165) is 5.56 Å². The first-order valence-corrected chi connectivity index (χ1v) is 13.2. The van der Waals surface area contributed by atoms with E-state index in [1.807, 2.05) is 19.9 Å². The molecule has 3 N–H and O–H groups in total. The molecular weight excluding hydrogens is 514 g/mol. The first-order chi connectivity index (χ1) is 19.1. The lowest BCUT2D eigenvalue weighted by molar-refractivity contribution is -0.137. The predicted octanol–water partition coefficient (Wildman–Crippen LogP) is 2.68. The number of carbonyl (C=O) groups is 5. The van der Waals surface area contributed by atoms with Crippen LogP contribution >= 0.6 is 0 Å². The van der Waals surface area contributed by atoms with Gasteiger partial charge in [-0.3, -0.25) is 29.3 Å². The van der Waals surface area contributed by atoms with Gasteiger partial charge in [0.25, 0.3) is 0 Å². The molecule has 2 aliphatic rings. The molecule has 2 aliphatic heterocycles. The van der Waals surface area contributed by atoms with Crippen molar-refractivity contribution in [2.75, 3.05) is 6.79 Å². The standard InChI is InChI=1S/C30H33N3O7/c1-17(2)13-22(28(36)27-18(3)29(37)33-30(27)38)32-26(35)15-21(20-7-5-4-6-8-20)31-25(34)12-10-19-9-11-23-24(14-19)40-16-39-23/h4-12,14,17-18,21-22,27H,13,15-16H2,1-3H3,(H,31,34)(H,32,35)(H,33,37,38)/b12-10+/t18-,21-,22?,27?/m0/s1. The lowest BCUT2D eigenvalue weighted by Gasteiger charge is -2.24. The van der Waals surface area contributed by atoms with Crippen LogP contribution in [-0.4, -0.2) is 42.2 Å². The van der Waals surface area contributed by atoms with Crippen molar-refractivity contribution in [1.82, 2.24) is 16.0 Å². The van der Waals surface area contributed by atoms with E-state index >= 15 is 0 Å². The molecular formula is C30H33N3O7. The van der Waals surface area contributed by atoms with Crippen LogP contribution in [0.25, 0.3) is 6.08 Å². The molecule has 10 nitrogen and oxygen atoms in total. The fourth-order valence-corrected chi connectivity index (χ4v) is 4.79. The zero-order valence-electron chi connectivity index (χ0n) is 22.6. The van der Waals surface area contributed by atoms with Gasteiger partial charge in [-0.1, -0.05) is 57.2 Å². The monoisotopic (exact) mass is 547 g/mol. The van der Waals surface area contributed by atoms with Crippen LogP contribution in [0, 0.1) is 17.8 Å². The lowest BCUT2D eigenvalue weighted by atomic mass is 9.86. The van der Waals surface area contributed by atoms with E-state index in [1.54, 1.807) is 48.5 Å². The van der Waals surface area contributed by atoms with Gasteiger partial charge in [0.1, 0.15) is 5.92 Å². The normalized spacial score (nSPS) is 19.4. The van der Waals surface area contributed by atoms with E-state index in [4.69, 9.17) is 9.47 Å². The van der Waals surface area contributed by atoms with Crippen LogP contribution in [0.2, 0.25) is 0 Å². The number of Topliss-reactive ketones (excluding diaryl/α,β-unsaturated/α-hetero) is 1. The molecule has 0 aliphatic carbocycles. The number of benzene rings is 2. The second kappa shape index (κ2) is 12.6. The third-order valence-electron chi connectivity index (χ3n) is 6.87. The van der Waals surface area contributed by atoms with Crippen molar-refractivity contribution in [3.8, 4) is 11.5 Å². The van der Waals surface area contributed by atoms with E-state index < -0.39 is 53.3 Å². The molecule has 4 atom stereocenters. The Morgan fingerprint density at radius 3 is 2.40 bits per heavy atom. The lowest BCUT2D eigenvalue weighted by Crippen LogP contribution is -2.47. The number of fused-ring (bicyclic) bond motifs is 1. The van der Waals surface area contributed by atoms with Gasteiger partial charge in [-0.2, -0.15) is 0 Å². The molecule has 2 heterocycles. The van der Waals surface area contributed by atoms with Gasteiger partial charge in [0, 0.05) is 6.08 Å². The molecule has 0 bridgehead atoms. The van der Waals surface area contributed by atoms with Crippen molar-refractivity contribution in [3.63, 3.8) is 0 Å². The van der Waals surface area contributed by atoms with Crippen LogP contribution < -0.4 is 25.4 Å². The zero-order valence-corrected chi connectivity index (χ0v) is 22.6. The quantitative estimate of drug-likeness (QED) is 0.223. The van der Waals surface area contributed by atoms with Crippen LogP contribution in [0.1, 0.15) is 50.8 Å². The summed E-state index contributed by atoms with van der Waals surface area (Å²) in [7, 11) is 0. The maximum Gasteiger partial charge on any atom is 0.244 e. The van der Waals surface area contributed by atoms with Crippen LogP contribution in [0.4, 0.5) is 0 Å². The minimum atomic E-state index is -1.15. The van der Waals surface area contributed by atoms with E-state index in [-0.39, 0.29) is 19.1 Å². The van der Waals surface area contributed by atoms with E-state index in [1.165, 1.54) is 13.0 Å². The van der Waals surface area contributed by atoms with Crippen molar-refractivity contribution < 1.29 is 33.4 Å². The number of ether oxygens (including phenoxy) is 2. The average molecular weight is 548 g/mol. The second-order valence-corrected chi connectivity index (χ2v) is 10.4. The number of hydrogen-bond donors (Lipinski definition) is 3. The third-order valence-corrected chi connectivity index (χ3v) is 6.87. The van der Waals surface area contributed by atoms with Gasteiger partial charge in [0.05, 0.1) is 24.4 Å². The summed E-state index contributed by atoms with van der Waals surface area (Å²) in [5, 5.41) is 7.82. The van der Waals surface area contributed by atoms with Gasteiger partial charge in [0.15, 0.2) is 17.3 Å². The summed E-state index contributed by atoms with van der Waals surface area (Å²) in [6.45, 7) is 5.47. The van der Waals surface area contributed by atoms with Crippen molar-refractivity contribution in [2.24, 2.45) is 17.8 Å². The minimum absolute atomic E-state index is 0.0376. The topological polar surface area (TPSA) is 140 Å². The van der Waals surface area contributed by atoms with Gasteiger partial charge in [-0.05, 0) is 41.7 Å². The van der Waals surface area contributed by atoms with Gasteiger partial charge in [-0.25, -0.2) is 0 Å². The molecule has 10 heteroatoms. The molecule has 0 saturated carbocycles. The van der Waals surface area contributed by atoms with Crippen LogP contribution in [0.3, 0.4) is 0 Å². The molecule has 0 spiro atoms. The number of nitrogens with one attached hydrogen (secondary N) is 3. The first kappa shape index (κ1) is 28.5. The van der Waals surface area contributed by atoms with Gasteiger partial charge >= 0.3 is 0 Å². The molecule has 2 aromatic carbocycles. The summed E-state index contributed by atoms with van der Waals surface area (Å²) in [6.07, 6.45) is 3.16. The molecule has 4 amide bonds. The number of hydrogen-bond acceptors (Lipinski definition) is 7. The highest BCUT2D eigenvalue weighted by atomic mass is 16.7. The smallest absolute Gasteiger partial charge is 0.244 e. The Morgan fingerprint density at radius 2 is 1.73 bits per heavy atom. The summed E-state index contributed by atoms with van der Waals surface area (Å²) >= 11 is 0. The van der Waals surface area contributed by atoms with Crippen LogP contribution in [0.5, 0.6) is 11.5 Å². The highest BCUT2D eigenvalue weighted by molar-refractivity contribution is 6.16. The average Bonchev–Trinajstić information content (AvgIpc) is 3.49. The highest BCUT2D eigenvalue weighted by Gasteiger charge is 2.45. The molecule has 4 rings (SSSR count). The Kier molecular flexibility index (Phi) is 8.98. The summed E-state index contributed by atoms with van der Waals surface area (Å²) in [4.78, 5) is 63.6. The molecule has 1 saturated heterocycles. The van der Waals surface area contributed by atoms with Crippen molar-refractivity contribution in [2.45, 2.75) is 45.7 Å². The Hall–Kier alpha value is -4.47. The molecule has 0 radical (unpaired) electrons. The molecule has 0 aromatic heterocycles. The first-order valence-electron chi connectivity index (χ1n) is 13.2. The maximum atomic E-state index is 13.3.